The van der Waals surface area contributed by atoms with Gasteiger partial charge in [-0.2, -0.15) is 5.26 Å². The smallest absolute Gasteiger partial charge is 0.268 e. The summed E-state index contributed by atoms with van der Waals surface area (Å²) in [4.78, 5) is 12.1. The molecule has 18 heavy (non-hydrogen) atoms. The van der Waals surface area contributed by atoms with Gasteiger partial charge in [0.05, 0.1) is 5.69 Å². The molecular formula is C14H13N3O. The third-order valence-electron chi connectivity index (χ3n) is 2.72. The molecule has 0 aliphatic carbocycles. The first-order valence-corrected chi connectivity index (χ1v) is 5.67. The molecule has 0 saturated carbocycles. The standard InChI is InChI=1S/C14H13N3O/c15-8-9-17-13(11-4-2-1-3-5-11)7-6-12(10-16)14(17)18/h1-7H,8-9,15H2. The number of hydrogen-bond donors (Lipinski definition) is 1. The third kappa shape index (κ3) is 2.17. The Balaban J connectivity index is 2.66. The number of nitrogens with zero attached hydrogens (tertiary/aromatic N) is 2. The average Bonchev–Trinajstić information content (AvgIpc) is 2.42. The molecule has 0 saturated heterocycles. The second-order valence-electron chi connectivity index (χ2n) is 3.86. The summed E-state index contributed by atoms with van der Waals surface area (Å²) < 4.78 is 1.55. The van der Waals surface area contributed by atoms with E-state index in [2.05, 4.69) is 0 Å². The molecule has 2 rings (SSSR count). The number of nitrogens with two attached hydrogens (primary N) is 1. The summed E-state index contributed by atoms with van der Waals surface area (Å²) in [7, 11) is 0. The van der Waals surface area contributed by atoms with Gasteiger partial charge in [-0.25, -0.2) is 0 Å². The van der Waals surface area contributed by atoms with Gasteiger partial charge in [-0.15, -0.1) is 0 Å². The first-order valence-electron chi connectivity index (χ1n) is 5.67. The maximum atomic E-state index is 12.1. The lowest BCUT2D eigenvalue weighted by atomic mass is 10.1. The minimum absolute atomic E-state index is 0.142. The molecule has 0 spiro atoms. The van der Waals surface area contributed by atoms with Gasteiger partial charge in [0, 0.05) is 13.1 Å². The van der Waals surface area contributed by atoms with E-state index in [1.807, 2.05) is 36.4 Å². The number of rotatable bonds is 3. The maximum Gasteiger partial charge on any atom is 0.268 e. The van der Waals surface area contributed by atoms with E-state index in [9.17, 15) is 4.79 Å². The minimum atomic E-state index is -0.288. The van der Waals surface area contributed by atoms with Crippen molar-refractivity contribution in [2.24, 2.45) is 5.73 Å². The van der Waals surface area contributed by atoms with Gasteiger partial charge in [-0.3, -0.25) is 4.79 Å². The van der Waals surface area contributed by atoms with Crippen molar-refractivity contribution in [1.82, 2.24) is 4.57 Å². The number of aromatic nitrogens is 1. The summed E-state index contributed by atoms with van der Waals surface area (Å²) in [5.41, 5.74) is 7.10. The zero-order valence-corrected chi connectivity index (χ0v) is 9.84. The molecule has 0 fully saturated rings. The van der Waals surface area contributed by atoms with Crippen LogP contribution in [-0.4, -0.2) is 11.1 Å². The fourth-order valence-corrected chi connectivity index (χ4v) is 1.88. The lowest BCUT2D eigenvalue weighted by Gasteiger charge is -2.12. The average molecular weight is 239 g/mol. The predicted octanol–water partition coefficient (Wildman–Crippen LogP) is 1.35. The van der Waals surface area contributed by atoms with Crippen LogP contribution in [0.3, 0.4) is 0 Å². The molecule has 2 N–H and O–H groups in total. The number of benzene rings is 1. The Kier molecular flexibility index (Phi) is 3.56. The molecule has 1 heterocycles. The van der Waals surface area contributed by atoms with E-state index in [0.29, 0.717) is 13.1 Å². The highest BCUT2D eigenvalue weighted by atomic mass is 16.1. The van der Waals surface area contributed by atoms with Gasteiger partial charge in [0.1, 0.15) is 11.6 Å². The Morgan fingerprint density at radius 2 is 1.89 bits per heavy atom. The van der Waals surface area contributed by atoms with Crippen molar-refractivity contribution in [3.63, 3.8) is 0 Å². The number of hydrogen-bond acceptors (Lipinski definition) is 3. The highest BCUT2D eigenvalue weighted by Gasteiger charge is 2.09. The van der Waals surface area contributed by atoms with Crippen LogP contribution in [0, 0.1) is 11.3 Å². The van der Waals surface area contributed by atoms with Crippen LogP contribution in [0.25, 0.3) is 11.3 Å². The summed E-state index contributed by atoms with van der Waals surface area (Å²) in [6.07, 6.45) is 0. The van der Waals surface area contributed by atoms with Crippen molar-refractivity contribution in [2.45, 2.75) is 6.54 Å². The first-order chi connectivity index (χ1) is 8.77. The van der Waals surface area contributed by atoms with Gasteiger partial charge < -0.3 is 10.3 Å². The molecular weight excluding hydrogens is 226 g/mol. The van der Waals surface area contributed by atoms with Gasteiger partial charge in [0.2, 0.25) is 0 Å². The van der Waals surface area contributed by atoms with Crippen molar-refractivity contribution in [2.75, 3.05) is 6.54 Å². The minimum Gasteiger partial charge on any atom is -0.329 e. The van der Waals surface area contributed by atoms with Crippen LogP contribution in [0.5, 0.6) is 0 Å². The van der Waals surface area contributed by atoms with E-state index in [-0.39, 0.29) is 11.1 Å². The van der Waals surface area contributed by atoms with Gasteiger partial charge in [-0.1, -0.05) is 30.3 Å². The molecule has 90 valence electrons. The lowest BCUT2D eigenvalue weighted by molar-refractivity contribution is 0.686. The zero-order valence-electron chi connectivity index (χ0n) is 9.84. The fraction of sp³-hybridized carbons (Fsp3) is 0.143. The van der Waals surface area contributed by atoms with Crippen LogP contribution in [0.4, 0.5) is 0 Å². The van der Waals surface area contributed by atoms with Crippen LogP contribution in [0.2, 0.25) is 0 Å². The van der Waals surface area contributed by atoms with Crippen LogP contribution in [-0.2, 0) is 6.54 Å². The highest BCUT2D eigenvalue weighted by Crippen LogP contribution is 2.17. The largest absolute Gasteiger partial charge is 0.329 e. The molecule has 1 aromatic heterocycles. The summed E-state index contributed by atoms with van der Waals surface area (Å²) in [6.45, 7) is 0.757. The predicted molar refractivity (Wildman–Crippen MR) is 69.9 cm³/mol. The maximum absolute atomic E-state index is 12.1. The monoisotopic (exact) mass is 239 g/mol. The zero-order chi connectivity index (χ0) is 13.0. The normalized spacial score (nSPS) is 10.0. The SMILES string of the molecule is N#Cc1ccc(-c2ccccc2)n(CCN)c1=O. The molecule has 0 radical (unpaired) electrons. The van der Waals surface area contributed by atoms with E-state index in [4.69, 9.17) is 11.0 Å². The van der Waals surface area contributed by atoms with Crippen molar-refractivity contribution in [3.8, 4) is 17.3 Å². The second kappa shape index (κ2) is 5.30. The van der Waals surface area contributed by atoms with Crippen molar-refractivity contribution >= 4 is 0 Å². The van der Waals surface area contributed by atoms with Crippen molar-refractivity contribution in [1.29, 1.82) is 5.26 Å². The topological polar surface area (TPSA) is 71.8 Å². The second-order valence-corrected chi connectivity index (χ2v) is 3.86. The van der Waals surface area contributed by atoms with Gasteiger partial charge in [0.25, 0.3) is 5.56 Å². The van der Waals surface area contributed by atoms with Gasteiger partial charge in [-0.05, 0) is 17.7 Å². The molecule has 0 bridgehead atoms. The van der Waals surface area contributed by atoms with E-state index in [1.165, 1.54) is 0 Å². The van der Waals surface area contributed by atoms with Crippen LogP contribution >= 0.6 is 0 Å². The molecule has 1 aromatic carbocycles. The van der Waals surface area contributed by atoms with E-state index < -0.39 is 0 Å². The molecule has 4 nitrogen and oxygen atoms in total. The van der Waals surface area contributed by atoms with Crippen molar-refractivity contribution < 1.29 is 0 Å². The molecule has 0 aliphatic rings. The van der Waals surface area contributed by atoms with E-state index in [0.717, 1.165) is 11.3 Å². The van der Waals surface area contributed by atoms with Crippen LogP contribution < -0.4 is 11.3 Å². The lowest BCUT2D eigenvalue weighted by Crippen LogP contribution is -2.27. The summed E-state index contributed by atoms with van der Waals surface area (Å²) >= 11 is 0. The highest BCUT2D eigenvalue weighted by molar-refractivity contribution is 5.60. The molecule has 2 aromatic rings. The Bertz CT molecular complexity index is 638. The number of pyridine rings is 1. The van der Waals surface area contributed by atoms with E-state index >= 15 is 0 Å². The summed E-state index contributed by atoms with van der Waals surface area (Å²) in [6, 6.07) is 14.8. The third-order valence-corrected chi connectivity index (χ3v) is 2.72. The van der Waals surface area contributed by atoms with E-state index in [1.54, 1.807) is 16.7 Å². The Hall–Kier alpha value is -2.38. The number of nitriles is 1. The Morgan fingerprint density at radius 3 is 2.50 bits per heavy atom. The molecule has 0 aliphatic heterocycles. The molecule has 0 atom stereocenters. The van der Waals surface area contributed by atoms with Crippen molar-refractivity contribution in [3.05, 3.63) is 58.4 Å². The molecule has 0 amide bonds. The molecule has 4 heteroatoms. The Labute approximate surface area is 105 Å². The fourth-order valence-electron chi connectivity index (χ4n) is 1.88. The first kappa shape index (κ1) is 12.1. The van der Waals surface area contributed by atoms with Gasteiger partial charge >= 0.3 is 0 Å². The Morgan fingerprint density at radius 1 is 1.17 bits per heavy atom. The van der Waals surface area contributed by atoms with Crippen LogP contribution in [0.1, 0.15) is 5.56 Å². The summed E-state index contributed by atoms with van der Waals surface area (Å²) in [5, 5.41) is 8.88. The van der Waals surface area contributed by atoms with Gasteiger partial charge in [0.15, 0.2) is 0 Å². The molecule has 0 unspecified atom stereocenters. The quantitative estimate of drug-likeness (QED) is 0.878. The summed E-state index contributed by atoms with van der Waals surface area (Å²) in [5.74, 6) is 0. The van der Waals surface area contributed by atoms with Crippen LogP contribution in [0.15, 0.2) is 47.3 Å².